The summed E-state index contributed by atoms with van der Waals surface area (Å²) in [6, 6.07) is 0. The fourth-order valence-corrected chi connectivity index (χ4v) is 1.95. The maximum atomic E-state index is 13.8. The van der Waals surface area contributed by atoms with Gasteiger partial charge in [0.1, 0.15) is 18.9 Å². The molecule has 0 aromatic heterocycles. The summed E-state index contributed by atoms with van der Waals surface area (Å²) >= 11 is 0. The first-order valence-corrected chi connectivity index (χ1v) is 5.98. The number of alkyl halides is 1. The molecular formula is C12H19FO5. The Morgan fingerprint density at radius 1 is 1.17 bits per heavy atom. The van der Waals surface area contributed by atoms with Crippen LogP contribution in [0.15, 0.2) is 0 Å². The minimum absolute atomic E-state index is 0.0785. The Hall–Kier alpha value is -1.17. The monoisotopic (exact) mass is 262 g/mol. The molecule has 0 N–H and O–H groups in total. The van der Waals surface area contributed by atoms with Crippen molar-refractivity contribution in [3.8, 4) is 0 Å². The van der Waals surface area contributed by atoms with Crippen LogP contribution < -0.4 is 0 Å². The second-order valence-corrected chi connectivity index (χ2v) is 4.45. The molecule has 1 aliphatic rings. The summed E-state index contributed by atoms with van der Waals surface area (Å²) in [4.78, 5) is 21.3. The number of hydrogen-bond donors (Lipinski definition) is 0. The molecule has 6 heteroatoms. The fourth-order valence-electron chi connectivity index (χ4n) is 1.95. The molecule has 0 spiro atoms. The van der Waals surface area contributed by atoms with Crippen molar-refractivity contribution in [1.29, 1.82) is 0 Å². The SMILES string of the molecule is CC(=O)OCCC1OC(COC(C)=O)C(F)C1C. The number of hydrogen-bond acceptors (Lipinski definition) is 5. The number of carbonyl (C=O) groups is 2. The smallest absolute Gasteiger partial charge is 0.302 e. The zero-order valence-corrected chi connectivity index (χ0v) is 10.8. The van der Waals surface area contributed by atoms with Crippen LogP contribution in [0.2, 0.25) is 0 Å². The van der Waals surface area contributed by atoms with Gasteiger partial charge in [-0.3, -0.25) is 9.59 Å². The molecular weight excluding hydrogens is 243 g/mol. The van der Waals surface area contributed by atoms with Gasteiger partial charge in [0.05, 0.1) is 12.7 Å². The van der Waals surface area contributed by atoms with E-state index in [9.17, 15) is 14.0 Å². The van der Waals surface area contributed by atoms with E-state index in [-0.39, 0.29) is 31.2 Å². The van der Waals surface area contributed by atoms with Crippen molar-refractivity contribution in [1.82, 2.24) is 0 Å². The first kappa shape index (κ1) is 14.9. The maximum Gasteiger partial charge on any atom is 0.302 e. The van der Waals surface area contributed by atoms with Gasteiger partial charge in [0.25, 0.3) is 0 Å². The molecule has 104 valence electrons. The molecule has 1 aliphatic heterocycles. The first-order chi connectivity index (χ1) is 8.41. The van der Waals surface area contributed by atoms with Gasteiger partial charge < -0.3 is 14.2 Å². The molecule has 0 aromatic rings. The normalized spacial score (nSPS) is 31.1. The first-order valence-electron chi connectivity index (χ1n) is 5.98. The van der Waals surface area contributed by atoms with Crippen LogP contribution in [0.1, 0.15) is 27.2 Å². The minimum Gasteiger partial charge on any atom is -0.466 e. The van der Waals surface area contributed by atoms with Crippen molar-refractivity contribution >= 4 is 11.9 Å². The molecule has 5 nitrogen and oxygen atoms in total. The zero-order valence-electron chi connectivity index (χ0n) is 10.8. The summed E-state index contributed by atoms with van der Waals surface area (Å²) in [7, 11) is 0. The summed E-state index contributed by atoms with van der Waals surface area (Å²) < 4.78 is 28.9. The molecule has 0 aromatic carbocycles. The number of rotatable bonds is 5. The number of carbonyl (C=O) groups excluding carboxylic acids is 2. The van der Waals surface area contributed by atoms with Crippen LogP contribution in [0.25, 0.3) is 0 Å². The summed E-state index contributed by atoms with van der Waals surface area (Å²) in [5.74, 6) is -1.13. The third kappa shape index (κ3) is 4.25. The molecule has 1 fully saturated rings. The quantitative estimate of drug-likeness (QED) is 0.698. The van der Waals surface area contributed by atoms with E-state index >= 15 is 0 Å². The van der Waals surface area contributed by atoms with Crippen molar-refractivity contribution in [2.24, 2.45) is 5.92 Å². The molecule has 0 saturated carbocycles. The lowest BCUT2D eigenvalue weighted by Crippen LogP contribution is -2.26. The zero-order chi connectivity index (χ0) is 13.7. The molecule has 18 heavy (non-hydrogen) atoms. The maximum absolute atomic E-state index is 13.8. The van der Waals surface area contributed by atoms with Crippen molar-refractivity contribution < 1.29 is 28.2 Å². The van der Waals surface area contributed by atoms with E-state index in [4.69, 9.17) is 14.2 Å². The highest BCUT2D eigenvalue weighted by atomic mass is 19.1. The van der Waals surface area contributed by atoms with E-state index in [2.05, 4.69) is 0 Å². The number of esters is 2. The van der Waals surface area contributed by atoms with Gasteiger partial charge in [-0.15, -0.1) is 0 Å². The van der Waals surface area contributed by atoms with Crippen molar-refractivity contribution in [3.63, 3.8) is 0 Å². The van der Waals surface area contributed by atoms with Gasteiger partial charge >= 0.3 is 11.9 Å². The molecule has 0 aliphatic carbocycles. The van der Waals surface area contributed by atoms with Crippen LogP contribution in [0.4, 0.5) is 4.39 Å². The molecule has 0 radical (unpaired) electrons. The Kier molecular flexibility index (Phi) is 5.53. The predicted octanol–water partition coefficient (Wildman–Crippen LogP) is 1.24. The van der Waals surface area contributed by atoms with Gasteiger partial charge in [-0.25, -0.2) is 4.39 Å². The van der Waals surface area contributed by atoms with E-state index < -0.39 is 18.2 Å². The molecule has 4 unspecified atom stereocenters. The molecule has 0 bridgehead atoms. The Labute approximate surface area is 106 Å². The Morgan fingerprint density at radius 2 is 1.78 bits per heavy atom. The van der Waals surface area contributed by atoms with Gasteiger partial charge in [0, 0.05) is 26.2 Å². The van der Waals surface area contributed by atoms with E-state index in [1.54, 1.807) is 6.92 Å². The molecule has 1 rings (SSSR count). The van der Waals surface area contributed by atoms with Gasteiger partial charge in [-0.2, -0.15) is 0 Å². The van der Waals surface area contributed by atoms with Crippen LogP contribution in [0.3, 0.4) is 0 Å². The summed E-state index contributed by atoms with van der Waals surface area (Å²) in [5, 5.41) is 0. The van der Waals surface area contributed by atoms with Crippen molar-refractivity contribution in [2.75, 3.05) is 13.2 Å². The second-order valence-electron chi connectivity index (χ2n) is 4.45. The largest absolute Gasteiger partial charge is 0.466 e. The Balaban J connectivity index is 2.38. The lowest BCUT2D eigenvalue weighted by molar-refractivity contribution is -0.147. The van der Waals surface area contributed by atoms with E-state index in [0.717, 1.165) is 0 Å². The summed E-state index contributed by atoms with van der Waals surface area (Å²) in [5.41, 5.74) is 0. The van der Waals surface area contributed by atoms with Gasteiger partial charge in [0.15, 0.2) is 0 Å². The highest BCUT2D eigenvalue weighted by Crippen LogP contribution is 2.31. The van der Waals surface area contributed by atoms with Crippen LogP contribution in [0.5, 0.6) is 0 Å². The van der Waals surface area contributed by atoms with E-state index in [1.165, 1.54) is 13.8 Å². The third-order valence-corrected chi connectivity index (χ3v) is 2.95. The second kappa shape index (κ2) is 6.68. The standard InChI is InChI=1S/C12H19FO5/c1-7-10(4-5-16-8(2)14)18-11(12(7)13)6-17-9(3)15/h7,10-12H,4-6H2,1-3H3. The van der Waals surface area contributed by atoms with Crippen LogP contribution >= 0.6 is 0 Å². The van der Waals surface area contributed by atoms with E-state index in [1.807, 2.05) is 0 Å². The summed E-state index contributed by atoms with van der Waals surface area (Å²) in [6.45, 7) is 4.45. The lowest BCUT2D eigenvalue weighted by Gasteiger charge is -2.14. The average molecular weight is 262 g/mol. The summed E-state index contributed by atoms with van der Waals surface area (Å²) in [6.07, 6.45) is -1.78. The molecule has 0 amide bonds. The van der Waals surface area contributed by atoms with Gasteiger partial charge in [0.2, 0.25) is 0 Å². The topological polar surface area (TPSA) is 61.8 Å². The minimum atomic E-state index is -1.17. The van der Waals surface area contributed by atoms with Crippen LogP contribution in [0, 0.1) is 5.92 Å². The van der Waals surface area contributed by atoms with Crippen molar-refractivity contribution in [3.05, 3.63) is 0 Å². The highest BCUT2D eigenvalue weighted by Gasteiger charge is 2.42. The van der Waals surface area contributed by atoms with E-state index in [0.29, 0.717) is 6.42 Å². The number of halogens is 1. The number of ether oxygens (including phenoxy) is 3. The Bertz CT molecular complexity index is 307. The van der Waals surface area contributed by atoms with Gasteiger partial charge in [-0.05, 0) is 0 Å². The molecule has 1 heterocycles. The van der Waals surface area contributed by atoms with Crippen LogP contribution in [-0.2, 0) is 23.8 Å². The molecule has 4 atom stereocenters. The van der Waals surface area contributed by atoms with Crippen molar-refractivity contribution in [2.45, 2.75) is 45.6 Å². The Morgan fingerprint density at radius 3 is 2.33 bits per heavy atom. The highest BCUT2D eigenvalue weighted by molar-refractivity contribution is 5.66. The lowest BCUT2D eigenvalue weighted by atomic mass is 9.98. The average Bonchev–Trinajstić information content (AvgIpc) is 2.54. The fraction of sp³-hybridized carbons (Fsp3) is 0.833. The molecule has 1 saturated heterocycles. The van der Waals surface area contributed by atoms with Crippen LogP contribution in [-0.4, -0.2) is 43.5 Å². The third-order valence-electron chi connectivity index (χ3n) is 2.95. The van der Waals surface area contributed by atoms with Gasteiger partial charge in [-0.1, -0.05) is 6.92 Å². The predicted molar refractivity (Wildman–Crippen MR) is 60.6 cm³/mol.